The third-order valence-electron chi connectivity index (χ3n) is 4.97. The summed E-state index contributed by atoms with van der Waals surface area (Å²) >= 11 is 0. The van der Waals surface area contributed by atoms with Gasteiger partial charge in [0.05, 0.1) is 0 Å². The van der Waals surface area contributed by atoms with Gasteiger partial charge in [-0.05, 0) is 30.2 Å². The Morgan fingerprint density at radius 3 is 2.23 bits per heavy atom. The van der Waals surface area contributed by atoms with Crippen molar-refractivity contribution >= 4 is 17.9 Å². The number of nitrogens with one attached hydrogen (secondary N) is 3. The van der Waals surface area contributed by atoms with Crippen molar-refractivity contribution < 1.29 is 19.5 Å². The summed E-state index contributed by atoms with van der Waals surface area (Å²) in [5, 5.41) is 17.2. The summed E-state index contributed by atoms with van der Waals surface area (Å²) in [4.78, 5) is 36.4. The summed E-state index contributed by atoms with van der Waals surface area (Å²) in [7, 11) is 0. The van der Waals surface area contributed by atoms with Gasteiger partial charge in [0.25, 0.3) is 0 Å². The number of carboxylic acid groups (broad SMARTS) is 1. The van der Waals surface area contributed by atoms with Gasteiger partial charge in [0.2, 0.25) is 5.91 Å². The number of rotatable bonds is 12. The van der Waals surface area contributed by atoms with E-state index in [1.807, 2.05) is 51.1 Å². The van der Waals surface area contributed by atoms with Crippen LogP contribution < -0.4 is 21.7 Å². The predicted molar refractivity (Wildman–Crippen MR) is 117 cm³/mol. The molecule has 1 aromatic rings. The number of urea groups is 1. The fourth-order valence-corrected chi connectivity index (χ4v) is 3.07. The molecular formula is C22H36N4O4. The topological polar surface area (TPSA) is 134 Å². The Morgan fingerprint density at radius 2 is 1.70 bits per heavy atom. The Labute approximate surface area is 179 Å². The fourth-order valence-electron chi connectivity index (χ4n) is 3.07. The molecule has 1 aromatic carbocycles. The smallest absolute Gasteiger partial charge is 0.326 e. The standard InChI is InChI=1S/C22H36N4O4/c1-5-15(4)19(21(28)29)26-22(30)25-18(11-14(2)3)20(27)24-13-17(23)12-16-9-7-6-8-10-16/h6-10,14-15,17-19H,5,11-13,23H2,1-4H3,(H,24,27)(H,28,29)(H2,25,26,30)/t15-,17+,18-,19-/m0/s1. The molecule has 0 aliphatic heterocycles. The van der Waals surface area contributed by atoms with Gasteiger partial charge in [-0.1, -0.05) is 64.4 Å². The lowest BCUT2D eigenvalue weighted by molar-refractivity contribution is -0.140. The Morgan fingerprint density at radius 1 is 1.07 bits per heavy atom. The molecule has 8 nitrogen and oxygen atoms in total. The first-order chi connectivity index (χ1) is 14.1. The van der Waals surface area contributed by atoms with Crippen LogP contribution in [0.3, 0.4) is 0 Å². The number of hydrogen-bond acceptors (Lipinski definition) is 4. The summed E-state index contributed by atoms with van der Waals surface area (Å²) in [5.74, 6) is -1.51. The molecule has 0 saturated heterocycles. The van der Waals surface area contributed by atoms with E-state index in [2.05, 4.69) is 16.0 Å². The average Bonchev–Trinajstić information content (AvgIpc) is 2.69. The van der Waals surface area contributed by atoms with Gasteiger partial charge >= 0.3 is 12.0 Å². The maximum absolute atomic E-state index is 12.7. The van der Waals surface area contributed by atoms with E-state index in [9.17, 15) is 19.5 Å². The summed E-state index contributed by atoms with van der Waals surface area (Å²) < 4.78 is 0. The van der Waals surface area contributed by atoms with Crippen molar-refractivity contribution in [3.63, 3.8) is 0 Å². The zero-order valence-corrected chi connectivity index (χ0v) is 18.4. The van der Waals surface area contributed by atoms with Crippen molar-refractivity contribution in [2.45, 2.75) is 65.1 Å². The second-order valence-electron chi connectivity index (χ2n) is 8.20. The van der Waals surface area contributed by atoms with Crippen molar-refractivity contribution in [2.24, 2.45) is 17.6 Å². The first-order valence-electron chi connectivity index (χ1n) is 10.5. The molecule has 0 heterocycles. The number of carboxylic acids is 1. The number of aliphatic carboxylic acids is 1. The van der Waals surface area contributed by atoms with Crippen molar-refractivity contribution in [2.75, 3.05) is 6.54 Å². The second-order valence-corrected chi connectivity index (χ2v) is 8.20. The number of carbonyl (C=O) groups is 3. The van der Waals surface area contributed by atoms with Crippen LogP contribution >= 0.6 is 0 Å². The molecule has 3 amide bonds. The lowest BCUT2D eigenvalue weighted by Gasteiger charge is -2.24. The zero-order valence-electron chi connectivity index (χ0n) is 18.4. The molecule has 0 aliphatic rings. The van der Waals surface area contributed by atoms with Gasteiger partial charge in [-0.25, -0.2) is 9.59 Å². The molecule has 0 unspecified atom stereocenters. The zero-order chi connectivity index (χ0) is 22.7. The third-order valence-corrected chi connectivity index (χ3v) is 4.97. The van der Waals surface area contributed by atoms with E-state index in [0.29, 0.717) is 19.3 Å². The largest absolute Gasteiger partial charge is 0.480 e. The minimum Gasteiger partial charge on any atom is -0.480 e. The van der Waals surface area contributed by atoms with Crippen LogP contribution in [0, 0.1) is 11.8 Å². The molecule has 0 bridgehead atoms. The minimum atomic E-state index is -1.10. The van der Waals surface area contributed by atoms with Gasteiger partial charge in [0, 0.05) is 12.6 Å². The van der Waals surface area contributed by atoms with E-state index in [-0.39, 0.29) is 30.3 Å². The molecule has 0 saturated carbocycles. The van der Waals surface area contributed by atoms with Gasteiger partial charge in [0.1, 0.15) is 12.1 Å². The number of hydrogen-bond donors (Lipinski definition) is 5. The van der Waals surface area contributed by atoms with Gasteiger partial charge in [-0.3, -0.25) is 4.79 Å². The molecule has 0 radical (unpaired) electrons. The van der Waals surface area contributed by atoms with E-state index in [1.165, 1.54) is 0 Å². The maximum atomic E-state index is 12.7. The predicted octanol–water partition coefficient (Wildman–Crippen LogP) is 1.89. The molecule has 6 N–H and O–H groups in total. The SMILES string of the molecule is CC[C@H](C)[C@H](NC(=O)N[C@@H](CC(C)C)C(=O)NC[C@H](N)Cc1ccccc1)C(=O)O. The molecule has 0 spiro atoms. The maximum Gasteiger partial charge on any atom is 0.326 e. The Balaban J connectivity index is 2.65. The van der Waals surface area contributed by atoms with E-state index in [0.717, 1.165) is 5.56 Å². The van der Waals surface area contributed by atoms with Crippen molar-refractivity contribution in [3.8, 4) is 0 Å². The highest BCUT2D eigenvalue weighted by molar-refractivity contribution is 5.88. The van der Waals surface area contributed by atoms with Crippen LogP contribution in [0.1, 0.15) is 46.1 Å². The normalized spacial score (nSPS) is 15.0. The summed E-state index contributed by atoms with van der Waals surface area (Å²) in [6.07, 6.45) is 1.65. The van der Waals surface area contributed by atoms with E-state index in [4.69, 9.17) is 5.73 Å². The van der Waals surface area contributed by atoms with Gasteiger partial charge < -0.3 is 26.8 Å². The summed E-state index contributed by atoms with van der Waals surface area (Å²) in [6.45, 7) is 7.77. The number of nitrogens with two attached hydrogens (primary N) is 1. The van der Waals surface area contributed by atoms with Crippen LogP contribution in [-0.4, -0.2) is 47.7 Å². The molecule has 0 aliphatic carbocycles. The molecule has 0 fully saturated rings. The van der Waals surface area contributed by atoms with E-state index >= 15 is 0 Å². The Kier molecular flexibility index (Phi) is 10.9. The van der Waals surface area contributed by atoms with Crippen LogP contribution in [0.4, 0.5) is 4.79 Å². The molecule has 8 heteroatoms. The van der Waals surface area contributed by atoms with Crippen LogP contribution in [0.5, 0.6) is 0 Å². The highest BCUT2D eigenvalue weighted by Crippen LogP contribution is 2.09. The van der Waals surface area contributed by atoms with Crippen molar-refractivity contribution in [3.05, 3.63) is 35.9 Å². The average molecular weight is 421 g/mol. The minimum absolute atomic E-state index is 0.156. The van der Waals surface area contributed by atoms with Crippen molar-refractivity contribution in [1.29, 1.82) is 0 Å². The second kappa shape index (κ2) is 12.8. The molecular weight excluding hydrogens is 384 g/mol. The number of benzene rings is 1. The van der Waals surface area contributed by atoms with Crippen LogP contribution in [0.25, 0.3) is 0 Å². The lowest BCUT2D eigenvalue weighted by atomic mass is 9.99. The van der Waals surface area contributed by atoms with Gasteiger partial charge in [0.15, 0.2) is 0 Å². The summed E-state index contributed by atoms with van der Waals surface area (Å²) in [5.41, 5.74) is 7.21. The lowest BCUT2D eigenvalue weighted by Crippen LogP contribution is -2.55. The summed E-state index contributed by atoms with van der Waals surface area (Å²) in [6, 6.07) is 7.04. The van der Waals surface area contributed by atoms with Crippen molar-refractivity contribution in [1.82, 2.24) is 16.0 Å². The Bertz CT molecular complexity index is 681. The fraction of sp³-hybridized carbons (Fsp3) is 0.591. The third kappa shape index (κ3) is 9.26. The van der Waals surface area contributed by atoms with Crippen LogP contribution in [-0.2, 0) is 16.0 Å². The monoisotopic (exact) mass is 420 g/mol. The quantitative estimate of drug-likeness (QED) is 0.352. The first-order valence-corrected chi connectivity index (χ1v) is 10.5. The number of amides is 3. The van der Waals surface area contributed by atoms with Crippen LogP contribution in [0.2, 0.25) is 0 Å². The van der Waals surface area contributed by atoms with E-state index in [1.54, 1.807) is 6.92 Å². The molecule has 30 heavy (non-hydrogen) atoms. The van der Waals surface area contributed by atoms with Crippen LogP contribution in [0.15, 0.2) is 30.3 Å². The van der Waals surface area contributed by atoms with Gasteiger partial charge in [-0.15, -0.1) is 0 Å². The molecule has 168 valence electrons. The number of carbonyl (C=O) groups excluding carboxylic acids is 2. The van der Waals surface area contributed by atoms with Gasteiger partial charge in [-0.2, -0.15) is 0 Å². The highest BCUT2D eigenvalue weighted by atomic mass is 16.4. The van der Waals surface area contributed by atoms with E-state index < -0.39 is 24.1 Å². The Hall–Kier alpha value is -2.61. The molecule has 1 rings (SSSR count). The molecule has 0 aromatic heterocycles. The molecule has 4 atom stereocenters. The first kappa shape index (κ1) is 25.4. The highest BCUT2D eigenvalue weighted by Gasteiger charge is 2.28.